The normalized spacial score (nSPS) is 18.6. The molecule has 0 saturated heterocycles. The van der Waals surface area contributed by atoms with Gasteiger partial charge in [0, 0.05) is 11.7 Å². The molecule has 0 radical (unpaired) electrons. The molecule has 1 saturated carbocycles. The van der Waals surface area contributed by atoms with Crippen molar-refractivity contribution < 1.29 is 5.11 Å². The first-order chi connectivity index (χ1) is 8.58. The van der Waals surface area contributed by atoms with Crippen molar-refractivity contribution in [2.24, 2.45) is 5.92 Å². The van der Waals surface area contributed by atoms with Crippen LogP contribution in [0.25, 0.3) is 0 Å². The van der Waals surface area contributed by atoms with Gasteiger partial charge >= 0.3 is 0 Å². The third-order valence-corrected chi connectivity index (χ3v) is 4.34. The van der Waals surface area contributed by atoms with Gasteiger partial charge in [-0.3, -0.25) is 0 Å². The van der Waals surface area contributed by atoms with Crippen LogP contribution in [0, 0.1) is 5.92 Å². The lowest BCUT2D eigenvalue weighted by atomic mass is 9.84. The minimum Gasteiger partial charge on any atom is -0.505 e. The topological polar surface area (TPSA) is 32.3 Å². The van der Waals surface area contributed by atoms with Crippen LogP contribution in [0.5, 0.6) is 5.75 Å². The number of rotatable bonds is 3. The third-order valence-electron chi connectivity index (χ3n) is 3.77. The van der Waals surface area contributed by atoms with E-state index in [1.54, 1.807) is 12.1 Å². The second-order valence-electron chi connectivity index (χ2n) is 5.12. The van der Waals surface area contributed by atoms with Gasteiger partial charge in [0.05, 0.1) is 10.0 Å². The summed E-state index contributed by atoms with van der Waals surface area (Å²) in [6, 6.07) is 3.85. The molecular formula is C14H19Cl2NO. The summed E-state index contributed by atoms with van der Waals surface area (Å²) in [4.78, 5) is 0. The van der Waals surface area contributed by atoms with E-state index in [0.717, 1.165) is 5.69 Å². The lowest BCUT2D eigenvalue weighted by molar-refractivity contribution is 0.328. The van der Waals surface area contributed by atoms with Crippen molar-refractivity contribution in [3.63, 3.8) is 0 Å². The number of hydrogen-bond acceptors (Lipinski definition) is 2. The molecular weight excluding hydrogens is 269 g/mol. The van der Waals surface area contributed by atoms with Crippen LogP contribution < -0.4 is 5.32 Å². The van der Waals surface area contributed by atoms with Crippen LogP contribution in [-0.4, -0.2) is 11.1 Å². The van der Waals surface area contributed by atoms with Crippen LogP contribution in [0.1, 0.15) is 39.0 Å². The zero-order chi connectivity index (χ0) is 13.1. The summed E-state index contributed by atoms with van der Waals surface area (Å²) in [6.07, 6.45) is 6.59. The van der Waals surface area contributed by atoms with E-state index < -0.39 is 0 Å². The first-order valence-electron chi connectivity index (χ1n) is 6.52. The minimum atomic E-state index is -0.0470. The summed E-state index contributed by atoms with van der Waals surface area (Å²) >= 11 is 11.8. The Hall–Kier alpha value is -0.600. The Morgan fingerprint density at radius 2 is 1.72 bits per heavy atom. The van der Waals surface area contributed by atoms with Crippen molar-refractivity contribution in [2.75, 3.05) is 5.32 Å². The molecule has 1 aliphatic carbocycles. The molecule has 1 aromatic rings. The number of nitrogens with one attached hydrogen (secondary N) is 1. The van der Waals surface area contributed by atoms with Gasteiger partial charge in [0.1, 0.15) is 0 Å². The summed E-state index contributed by atoms with van der Waals surface area (Å²) < 4.78 is 0. The summed E-state index contributed by atoms with van der Waals surface area (Å²) in [7, 11) is 0. The summed E-state index contributed by atoms with van der Waals surface area (Å²) in [5, 5.41) is 13.5. The van der Waals surface area contributed by atoms with Gasteiger partial charge in [0.25, 0.3) is 0 Å². The van der Waals surface area contributed by atoms with Crippen molar-refractivity contribution in [3.05, 3.63) is 22.2 Å². The Morgan fingerprint density at radius 3 is 2.28 bits per heavy atom. The molecule has 2 rings (SSSR count). The molecule has 0 heterocycles. The first-order valence-corrected chi connectivity index (χ1v) is 7.28. The second-order valence-corrected chi connectivity index (χ2v) is 5.93. The fourth-order valence-corrected chi connectivity index (χ4v) is 3.15. The highest BCUT2D eigenvalue weighted by molar-refractivity contribution is 6.37. The van der Waals surface area contributed by atoms with Gasteiger partial charge in [-0.05, 0) is 37.8 Å². The van der Waals surface area contributed by atoms with E-state index in [-0.39, 0.29) is 5.75 Å². The lowest BCUT2D eigenvalue weighted by Gasteiger charge is -2.29. The second kappa shape index (κ2) is 6.03. The van der Waals surface area contributed by atoms with Crippen LogP contribution in [-0.2, 0) is 0 Å². The Labute approximate surface area is 118 Å². The molecule has 1 unspecified atom stereocenters. The number of phenolic OH excluding ortho intramolecular Hbond substituents is 1. The highest BCUT2D eigenvalue weighted by atomic mass is 35.5. The maximum atomic E-state index is 9.52. The molecule has 0 amide bonds. The van der Waals surface area contributed by atoms with E-state index in [4.69, 9.17) is 23.2 Å². The Morgan fingerprint density at radius 1 is 1.17 bits per heavy atom. The molecule has 2 nitrogen and oxygen atoms in total. The van der Waals surface area contributed by atoms with Gasteiger partial charge in [0.15, 0.2) is 5.75 Å². The number of hydrogen-bond donors (Lipinski definition) is 2. The maximum absolute atomic E-state index is 9.52. The summed E-state index contributed by atoms with van der Waals surface area (Å²) in [5.74, 6) is 0.666. The fraction of sp³-hybridized carbons (Fsp3) is 0.571. The first kappa shape index (κ1) is 13.8. The van der Waals surface area contributed by atoms with E-state index in [2.05, 4.69) is 12.2 Å². The van der Waals surface area contributed by atoms with Crippen molar-refractivity contribution >= 4 is 28.9 Å². The Bertz CT molecular complexity index is 393. The van der Waals surface area contributed by atoms with Gasteiger partial charge in [-0.1, -0.05) is 42.5 Å². The molecule has 0 bridgehead atoms. The number of aromatic hydroxyl groups is 1. The quantitative estimate of drug-likeness (QED) is 0.760. The summed E-state index contributed by atoms with van der Waals surface area (Å²) in [5.41, 5.74) is 0.876. The predicted molar refractivity (Wildman–Crippen MR) is 77.8 cm³/mol. The standard InChI is InChI=1S/C14H19Cl2NO/c1-9(10-5-3-2-4-6-10)17-11-7-12(15)14(18)13(16)8-11/h7-10,17-18H,2-6H2,1H3. The van der Waals surface area contributed by atoms with Gasteiger partial charge in [-0.25, -0.2) is 0 Å². The number of halogens is 2. The SMILES string of the molecule is CC(Nc1cc(Cl)c(O)c(Cl)c1)C1CCCCC1. The largest absolute Gasteiger partial charge is 0.505 e. The van der Waals surface area contributed by atoms with E-state index in [1.807, 2.05) is 0 Å². The van der Waals surface area contributed by atoms with E-state index in [9.17, 15) is 5.11 Å². The van der Waals surface area contributed by atoms with Gasteiger partial charge in [0.2, 0.25) is 0 Å². The number of anilines is 1. The molecule has 0 aliphatic heterocycles. The molecule has 1 aromatic carbocycles. The van der Waals surface area contributed by atoms with Gasteiger partial charge in [-0.15, -0.1) is 0 Å². The lowest BCUT2D eigenvalue weighted by Crippen LogP contribution is -2.27. The molecule has 1 fully saturated rings. The fourth-order valence-electron chi connectivity index (χ4n) is 2.66. The molecule has 1 aliphatic rings. The van der Waals surface area contributed by atoms with Crippen molar-refractivity contribution in [3.8, 4) is 5.75 Å². The van der Waals surface area contributed by atoms with Crippen LogP contribution in [0.3, 0.4) is 0 Å². The monoisotopic (exact) mass is 287 g/mol. The predicted octanol–water partition coefficient (Wildman–Crippen LogP) is 5.08. The Kier molecular flexibility index (Phi) is 4.63. The highest BCUT2D eigenvalue weighted by Gasteiger charge is 2.20. The molecule has 18 heavy (non-hydrogen) atoms. The van der Waals surface area contributed by atoms with Crippen LogP contribution >= 0.6 is 23.2 Å². The third kappa shape index (κ3) is 3.24. The van der Waals surface area contributed by atoms with Gasteiger partial charge in [-0.2, -0.15) is 0 Å². The highest BCUT2D eigenvalue weighted by Crippen LogP contribution is 2.35. The van der Waals surface area contributed by atoms with Crippen LogP contribution in [0.4, 0.5) is 5.69 Å². The molecule has 2 N–H and O–H groups in total. The van der Waals surface area contributed by atoms with E-state index >= 15 is 0 Å². The molecule has 100 valence electrons. The molecule has 0 aromatic heterocycles. The van der Waals surface area contributed by atoms with Crippen molar-refractivity contribution in [2.45, 2.75) is 45.1 Å². The summed E-state index contributed by atoms with van der Waals surface area (Å²) in [6.45, 7) is 2.20. The number of phenols is 1. The zero-order valence-electron chi connectivity index (χ0n) is 10.5. The zero-order valence-corrected chi connectivity index (χ0v) is 12.1. The smallest absolute Gasteiger partial charge is 0.152 e. The van der Waals surface area contributed by atoms with E-state index in [1.165, 1.54) is 32.1 Å². The maximum Gasteiger partial charge on any atom is 0.152 e. The average Bonchev–Trinajstić information content (AvgIpc) is 2.37. The van der Waals surface area contributed by atoms with E-state index in [0.29, 0.717) is 22.0 Å². The van der Waals surface area contributed by atoms with Crippen LogP contribution in [0.15, 0.2) is 12.1 Å². The number of benzene rings is 1. The molecule has 1 atom stereocenters. The average molecular weight is 288 g/mol. The molecule has 0 spiro atoms. The van der Waals surface area contributed by atoms with Crippen LogP contribution in [0.2, 0.25) is 10.0 Å². The van der Waals surface area contributed by atoms with Gasteiger partial charge < -0.3 is 10.4 Å². The van der Waals surface area contributed by atoms with Crippen molar-refractivity contribution in [1.82, 2.24) is 0 Å². The van der Waals surface area contributed by atoms with Crippen molar-refractivity contribution in [1.29, 1.82) is 0 Å². The molecule has 4 heteroatoms. The Balaban J connectivity index is 2.04. The minimum absolute atomic E-state index is 0.0470.